The number of nitrogens with two attached hydrogens (primary N) is 3. The average molecular weight is 446 g/mol. The minimum absolute atomic E-state index is 0.341. The number of nitrogens with one attached hydrogen (secondary N) is 3. The molecule has 0 spiro atoms. The Balaban J connectivity index is 5.46. The Labute approximate surface area is 176 Å². The van der Waals surface area contributed by atoms with Crippen molar-refractivity contribution in [3.63, 3.8) is 0 Å². The molecule has 0 saturated heterocycles. The number of aliphatic carboxylic acids is 2. The summed E-state index contributed by atoms with van der Waals surface area (Å²) >= 11 is 0. The highest BCUT2D eigenvalue weighted by atomic mass is 16.4. The van der Waals surface area contributed by atoms with E-state index in [0.29, 0.717) is 0 Å². The van der Waals surface area contributed by atoms with E-state index >= 15 is 0 Å². The number of carbonyl (C=O) groups is 7. The van der Waals surface area contributed by atoms with Crippen LogP contribution in [-0.4, -0.2) is 76.4 Å². The normalized spacial score (nSPS) is 13.2. The minimum Gasteiger partial charge on any atom is -0.481 e. The van der Waals surface area contributed by atoms with Gasteiger partial charge in [0.25, 0.3) is 0 Å². The van der Waals surface area contributed by atoms with E-state index in [0.717, 1.165) is 0 Å². The van der Waals surface area contributed by atoms with Gasteiger partial charge in [0.2, 0.25) is 29.5 Å². The van der Waals surface area contributed by atoms with Crippen molar-refractivity contribution < 1.29 is 43.8 Å². The van der Waals surface area contributed by atoms with E-state index in [2.05, 4.69) is 16.0 Å². The molecule has 0 saturated carbocycles. The van der Waals surface area contributed by atoms with Crippen LogP contribution in [0.15, 0.2) is 0 Å². The predicted octanol–water partition coefficient (Wildman–Crippen LogP) is -4.51. The second-order valence-electron chi connectivity index (χ2n) is 6.39. The maximum atomic E-state index is 12.5. The predicted molar refractivity (Wildman–Crippen MR) is 102 cm³/mol. The lowest BCUT2D eigenvalue weighted by molar-refractivity contribution is -0.143. The Morgan fingerprint density at radius 1 is 0.710 bits per heavy atom. The summed E-state index contributed by atoms with van der Waals surface area (Å²) in [5.41, 5.74) is 15.2. The molecule has 31 heavy (non-hydrogen) atoms. The van der Waals surface area contributed by atoms with Crippen LogP contribution in [0.3, 0.4) is 0 Å². The molecule has 3 atom stereocenters. The lowest BCUT2D eigenvalue weighted by atomic mass is 10.1. The number of hydrogen-bond acceptors (Lipinski definition) is 8. The molecule has 0 heterocycles. The summed E-state index contributed by atoms with van der Waals surface area (Å²) < 4.78 is 0. The van der Waals surface area contributed by atoms with Crippen LogP contribution in [0.1, 0.15) is 32.1 Å². The molecule has 0 aliphatic heterocycles. The Morgan fingerprint density at radius 3 is 1.68 bits per heavy atom. The van der Waals surface area contributed by atoms with Gasteiger partial charge in [-0.1, -0.05) is 0 Å². The van der Waals surface area contributed by atoms with Crippen molar-refractivity contribution in [2.45, 2.75) is 50.2 Å². The third-order valence-corrected chi connectivity index (χ3v) is 3.82. The lowest BCUT2D eigenvalue weighted by Crippen LogP contribution is -2.57. The molecule has 174 valence electrons. The van der Waals surface area contributed by atoms with Gasteiger partial charge < -0.3 is 43.4 Å². The van der Waals surface area contributed by atoms with E-state index < -0.39 is 85.4 Å². The van der Waals surface area contributed by atoms with Crippen LogP contribution >= 0.6 is 0 Å². The summed E-state index contributed by atoms with van der Waals surface area (Å²) in [4.78, 5) is 80.6. The standard InChI is InChI=1S/C16H26N6O9/c17-6-12(25)20-9(5-11(19)24)15(29)21-7(1-3-10(18)23)14(28)22-8(16(30)31)2-4-13(26)27/h7-9H,1-6,17H2,(H2,18,23)(H2,19,24)(H,20,25)(H,21,29)(H,22,28)(H,26,27)(H,30,31). The second kappa shape index (κ2) is 13.5. The first-order valence-electron chi connectivity index (χ1n) is 8.98. The first-order chi connectivity index (χ1) is 14.4. The van der Waals surface area contributed by atoms with Crippen molar-refractivity contribution in [1.82, 2.24) is 16.0 Å². The van der Waals surface area contributed by atoms with Crippen LogP contribution in [-0.2, 0) is 33.6 Å². The monoisotopic (exact) mass is 446 g/mol. The highest BCUT2D eigenvalue weighted by Crippen LogP contribution is 2.04. The molecule has 0 aliphatic carbocycles. The molecule has 0 aromatic rings. The Kier molecular flexibility index (Phi) is 11.8. The molecular weight excluding hydrogens is 420 g/mol. The van der Waals surface area contributed by atoms with E-state index in [9.17, 15) is 33.6 Å². The van der Waals surface area contributed by atoms with Crippen LogP contribution in [0.5, 0.6) is 0 Å². The fourth-order valence-corrected chi connectivity index (χ4v) is 2.29. The number of carboxylic acid groups (broad SMARTS) is 2. The van der Waals surface area contributed by atoms with E-state index in [1.807, 2.05) is 0 Å². The third kappa shape index (κ3) is 11.7. The minimum atomic E-state index is -1.59. The second-order valence-corrected chi connectivity index (χ2v) is 6.39. The molecule has 0 aliphatic rings. The van der Waals surface area contributed by atoms with Crippen molar-refractivity contribution >= 4 is 41.5 Å². The number of hydrogen-bond donors (Lipinski definition) is 8. The maximum absolute atomic E-state index is 12.5. The summed E-state index contributed by atoms with van der Waals surface area (Å²) in [5, 5.41) is 24.2. The fourth-order valence-electron chi connectivity index (χ4n) is 2.29. The molecule has 11 N–H and O–H groups in total. The summed E-state index contributed by atoms with van der Waals surface area (Å²) in [6, 6.07) is -4.56. The first-order valence-corrected chi connectivity index (χ1v) is 8.98. The van der Waals surface area contributed by atoms with Crippen LogP contribution in [0, 0.1) is 0 Å². The lowest BCUT2D eigenvalue weighted by Gasteiger charge is -2.23. The molecule has 0 rings (SSSR count). The number of carbonyl (C=O) groups excluding carboxylic acids is 5. The molecule has 15 nitrogen and oxygen atoms in total. The molecule has 0 aromatic carbocycles. The number of rotatable bonds is 15. The van der Waals surface area contributed by atoms with Gasteiger partial charge in [-0.15, -0.1) is 0 Å². The van der Waals surface area contributed by atoms with Crippen molar-refractivity contribution in [3.05, 3.63) is 0 Å². The Bertz CT molecular complexity index is 726. The van der Waals surface area contributed by atoms with Crippen LogP contribution in [0.2, 0.25) is 0 Å². The molecule has 0 radical (unpaired) electrons. The number of carboxylic acids is 2. The van der Waals surface area contributed by atoms with Crippen LogP contribution < -0.4 is 33.2 Å². The van der Waals surface area contributed by atoms with Gasteiger partial charge in [-0.3, -0.25) is 28.8 Å². The quantitative estimate of drug-likeness (QED) is 0.119. The van der Waals surface area contributed by atoms with Crippen molar-refractivity contribution in [2.75, 3.05) is 6.54 Å². The molecule has 0 bridgehead atoms. The number of amides is 5. The van der Waals surface area contributed by atoms with E-state index in [1.54, 1.807) is 0 Å². The van der Waals surface area contributed by atoms with Gasteiger partial charge in [0.15, 0.2) is 0 Å². The van der Waals surface area contributed by atoms with Crippen molar-refractivity contribution in [1.29, 1.82) is 0 Å². The van der Waals surface area contributed by atoms with Crippen LogP contribution in [0.4, 0.5) is 0 Å². The summed E-state index contributed by atoms with van der Waals surface area (Å²) in [5.74, 6) is -7.44. The zero-order valence-corrected chi connectivity index (χ0v) is 16.5. The van der Waals surface area contributed by atoms with E-state index in [1.165, 1.54) is 0 Å². The van der Waals surface area contributed by atoms with Crippen molar-refractivity contribution in [2.24, 2.45) is 17.2 Å². The fraction of sp³-hybridized carbons (Fsp3) is 0.562. The van der Waals surface area contributed by atoms with Gasteiger partial charge in [-0.2, -0.15) is 0 Å². The van der Waals surface area contributed by atoms with Gasteiger partial charge >= 0.3 is 11.9 Å². The summed E-state index contributed by atoms with van der Waals surface area (Å²) in [6.45, 7) is -0.502. The Morgan fingerprint density at radius 2 is 1.23 bits per heavy atom. The van der Waals surface area contributed by atoms with Gasteiger partial charge in [-0.05, 0) is 12.8 Å². The third-order valence-electron chi connectivity index (χ3n) is 3.82. The maximum Gasteiger partial charge on any atom is 0.326 e. The average Bonchev–Trinajstić information content (AvgIpc) is 2.66. The van der Waals surface area contributed by atoms with Gasteiger partial charge in [0, 0.05) is 12.8 Å². The summed E-state index contributed by atoms with van der Waals surface area (Å²) in [6.07, 6.45) is -2.34. The van der Waals surface area contributed by atoms with Crippen molar-refractivity contribution in [3.8, 4) is 0 Å². The van der Waals surface area contributed by atoms with Gasteiger partial charge in [0.05, 0.1) is 13.0 Å². The zero-order chi connectivity index (χ0) is 24.1. The van der Waals surface area contributed by atoms with Crippen LogP contribution in [0.25, 0.3) is 0 Å². The first kappa shape index (κ1) is 27.2. The summed E-state index contributed by atoms with van der Waals surface area (Å²) in [7, 11) is 0. The zero-order valence-electron chi connectivity index (χ0n) is 16.5. The Hall–Kier alpha value is -3.75. The van der Waals surface area contributed by atoms with E-state index in [-0.39, 0.29) is 12.8 Å². The van der Waals surface area contributed by atoms with E-state index in [4.69, 9.17) is 27.4 Å². The largest absolute Gasteiger partial charge is 0.481 e. The molecule has 15 heteroatoms. The molecule has 0 fully saturated rings. The number of primary amides is 2. The van der Waals surface area contributed by atoms with Gasteiger partial charge in [-0.25, -0.2) is 4.79 Å². The highest BCUT2D eigenvalue weighted by molar-refractivity contribution is 5.95. The molecule has 5 amide bonds. The molecule has 3 unspecified atom stereocenters. The topological polar surface area (TPSA) is 274 Å². The molecular formula is C16H26N6O9. The highest BCUT2D eigenvalue weighted by Gasteiger charge is 2.30. The van der Waals surface area contributed by atoms with Gasteiger partial charge in [0.1, 0.15) is 18.1 Å². The SMILES string of the molecule is NCC(=O)NC(CC(N)=O)C(=O)NC(CCC(N)=O)C(=O)NC(CCC(=O)O)C(=O)O. The smallest absolute Gasteiger partial charge is 0.326 e. The molecule has 0 aromatic heterocycles.